The summed E-state index contributed by atoms with van der Waals surface area (Å²) in [5.74, 6) is 1.55. The van der Waals surface area contributed by atoms with Crippen molar-refractivity contribution in [2.45, 2.75) is 13.8 Å². The number of para-hydroxylation sites is 1. The highest BCUT2D eigenvalue weighted by Crippen LogP contribution is 2.30. The summed E-state index contributed by atoms with van der Waals surface area (Å²) in [6.45, 7) is 4.13. The Balaban J connectivity index is 1.69. The molecule has 130 valence electrons. The second-order valence-electron chi connectivity index (χ2n) is 6.11. The highest BCUT2D eigenvalue weighted by atomic mass is 16.5. The average molecular weight is 346 g/mol. The van der Waals surface area contributed by atoms with E-state index in [0.29, 0.717) is 23.2 Å². The number of ether oxygens (including phenoxy) is 1. The minimum atomic E-state index is 0.384. The summed E-state index contributed by atoms with van der Waals surface area (Å²) in [4.78, 5) is 4.48. The molecular formula is C20H18N4O2. The summed E-state index contributed by atoms with van der Waals surface area (Å²) in [6, 6.07) is 15.8. The van der Waals surface area contributed by atoms with Crippen LogP contribution in [0.2, 0.25) is 0 Å². The number of rotatable bonds is 4. The van der Waals surface area contributed by atoms with Crippen molar-refractivity contribution in [3.05, 3.63) is 59.7 Å². The van der Waals surface area contributed by atoms with Crippen molar-refractivity contribution < 1.29 is 9.26 Å². The molecule has 0 atom stereocenters. The molecule has 1 N–H and O–H groups in total. The quantitative estimate of drug-likeness (QED) is 0.592. The molecule has 4 rings (SSSR count). The fourth-order valence-electron chi connectivity index (χ4n) is 2.85. The van der Waals surface area contributed by atoms with Crippen LogP contribution >= 0.6 is 0 Å². The van der Waals surface area contributed by atoms with Gasteiger partial charge in [-0.25, -0.2) is 0 Å². The molecule has 0 spiro atoms. The molecule has 0 bridgehead atoms. The summed E-state index contributed by atoms with van der Waals surface area (Å²) in [6.07, 6.45) is 0. The van der Waals surface area contributed by atoms with E-state index in [-0.39, 0.29) is 0 Å². The largest absolute Gasteiger partial charge is 0.496 e. The van der Waals surface area contributed by atoms with Crippen molar-refractivity contribution >= 4 is 0 Å². The summed E-state index contributed by atoms with van der Waals surface area (Å²) >= 11 is 0. The van der Waals surface area contributed by atoms with Crippen molar-refractivity contribution in [1.82, 2.24) is 20.3 Å². The predicted octanol–water partition coefficient (Wildman–Crippen LogP) is 4.42. The van der Waals surface area contributed by atoms with E-state index >= 15 is 0 Å². The summed E-state index contributed by atoms with van der Waals surface area (Å²) in [5, 5.41) is 11.5. The van der Waals surface area contributed by atoms with Crippen molar-refractivity contribution in [1.29, 1.82) is 0 Å². The van der Waals surface area contributed by atoms with E-state index in [2.05, 4.69) is 52.4 Å². The number of nitrogens with one attached hydrogen (secondary N) is 1. The summed E-state index contributed by atoms with van der Waals surface area (Å²) in [7, 11) is 1.62. The van der Waals surface area contributed by atoms with Gasteiger partial charge in [-0.15, -0.1) is 0 Å². The molecular weight excluding hydrogens is 328 g/mol. The third kappa shape index (κ3) is 2.86. The third-order valence-electron chi connectivity index (χ3n) is 4.25. The van der Waals surface area contributed by atoms with Crippen LogP contribution in [0.4, 0.5) is 0 Å². The fourth-order valence-corrected chi connectivity index (χ4v) is 2.85. The van der Waals surface area contributed by atoms with Gasteiger partial charge in [-0.2, -0.15) is 10.1 Å². The molecule has 0 aliphatic rings. The molecule has 0 saturated carbocycles. The smallest absolute Gasteiger partial charge is 0.276 e. The van der Waals surface area contributed by atoms with Gasteiger partial charge in [0.2, 0.25) is 5.82 Å². The Morgan fingerprint density at radius 3 is 2.69 bits per heavy atom. The second kappa shape index (κ2) is 6.48. The maximum absolute atomic E-state index is 5.42. The zero-order valence-electron chi connectivity index (χ0n) is 14.8. The van der Waals surface area contributed by atoms with E-state index in [1.165, 1.54) is 5.56 Å². The Bertz CT molecular complexity index is 1070. The molecule has 2 aromatic carbocycles. The molecule has 2 aromatic heterocycles. The standard InChI is InChI=1S/C20H18N4O2/c1-12-8-9-13(2)15(10-12)16-11-17(23-22-16)20-21-19(24-26-20)14-6-4-5-7-18(14)25-3/h4-11H,1-3H3,(H,22,23). The molecule has 0 aliphatic carbocycles. The van der Waals surface area contributed by atoms with Crippen LogP contribution in [0.1, 0.15) is 11.1 Å². The van der Waals surface area contributed by atoms with Crippen molar-refractivity contribution in [3.8, 4) is 40.0 Å². The van der Waals surface area contributed by atoms with Crippen molar-refractivity contribution in [3.63, 3.8) is 0 Å². The first kappa shape index (κ1) is 16.1. The number of aromatic nitrogens is 4. The number of benzene rings is 2. The Morgan fingerprint density at radius 2 is 1.85 bits per heavy atom. The average Bonchev–Trinajstić information content (AvgIpc) is 3.33. The molecule has 6 nitrogen and oxygen atoms in total. The van der Waals surface area contributed by atoms with Gasteiger partial charge in [0.1, 0.15) is 11.4 Å². The van der Waals surface area contributed by atoms with Crippen LogP contribution in [0.3, 0.4) is 0 Å². The SMILES string of the molecule is COc1ccccc1-c1noc(-c2cc(-c3cc(C)ccc3C)n[nH]2)n1. The van der Waals surface area contributed by atoms with Crippen LogP contribution in [0, 0.1) is 13.8 Å². The zero-order chi connectivity index (χ0) is 18.1. The van der Waals surface area contributed by atoms with E-state index in [0.717, 1.165) is 22.4 Å². The maximum atomic E-state index is 5.42. The topological polar surface area (TPSA) is 76.8 Å². The molecule has 26 heavy (non-hydrogen) atoms. The Labute approximate surface area is 150 Å². The molecule has 0 saturated heterocycles. The van der Waals surface area contributed by atoms with Crippen molar-refractivity contribution in [2.24, 2.45) is 0 Å². The molecule has 0 amide bonds. The predicted molar refractivity (Wildman–Crippen MR) is 98.8 cm³/mol. The van der Waals surface area contributed by atoms with Gasteiger partial charge in [0.05, 0.1) is 18.4 Å². The minimum absolute atomic E-state index is 0.384. The van der Waals surface area contributed by atoms with E-state index < -0.39 is 0 Å². The number of nitrogens with zero attached hydrogens (tertiary/aromatic N) is 3. The Kier molecular flexibility index (Phi) is 4.01. The highest BCUT2D eigenvalue weighted by molar-refractivity contribution is 5.69. The van der Waals surface area contributed by atoms with Gasteiger partial charge in [0.15, 0.2) is 0 Å². The van der Waals surface area contributed by atoms with E-state index in [1.54, 1.807) is 7.11 Å². The number of aryl methyl sites for hydroxylation is 2. The van der Waals surface area contributed by atoms with Gasteiger partial charge < -0.3 is 9.26 Å². The number of methoxy groups -OCH3 is 1. The van der Waals surface area contributed by atoms with Gasteiger partial charge >= 0.3 is 0 Å². The van der Waals surface area contributed by atoms with Crippen LogP contribution < -0.4 is 4.74 Å². The first-order valence-electron chi connectivity index (χ1n) is 8.26. The van der Waals surface area contributed by atoms with Gasteiger partial charge in [-0.3, -0.25) is 5.10 Å². The maximum Gasteiger partial charge on any atom is 0.276 e. The third-order valence-corrected chi connectivity index (χ3v) is 4.25. The lowest BCUT2D eigenvalue weighted by molar-refractivity contribution is 0.413. The number of aromatic amines is 1. The van der Waals surface area contributed by atoms with E-state index in [4.69, 9.17) is 9.26 Å². The van der Waals surface area contributed by atoms with Crippen molar-refractivity contribution in [2.75, 3.05) is 7.11 Å². The lowest BCUT2D eigenvalue weighted by atomic mass is 10.0. The Hall–Kier alpha value is -3.41. The zero-order valence-corrected chi connectivity index (χ0v) is 14.8. The van der Waals surface area contributed by atoms with Gasteiger partial charge in [-0.05, 0) is 43.7 Å². The van der Waals surface area contributed by atoms with Crippen LogP contribution in [0.15, 0.2) is 53.1 Å². The van der Waals surface area contributed by atoms with Crippen LogP contribution in [0.25, 0.3) is 34.2 Å². The first-order chi connectivity index (χ1) is 12.7. The van der Waals surface area contributed by atoms with Crippen LogP contribution in [-0.2, 0) is 0 Å². The van der Waals surface area contributed by atoms with Gasteiger partial charge in [0.25, 0.3) is 5.89 Å². The summed E-state index contributed by atoms with van der Waals surface area (Å²) < 4.78 is 10.8. The molecule has 0 aliphatic heterocycles. The summed E-state index contributed by atoms with van der Waals surface area (Å²) in [5.41, 5.74) is 5.73. The fraction of sp³-hybridized carbons (Fsp3) is 0.150. The molecule has 6 heteroatoms. The number of hydrogen-bond acceptors (Lipinski definition) is 5. The number of hydrogen-bond donors (Lipinski definition) is 1. The lowest BCUT2D eigenvalue weighted by Gasteiger charge is -2.03. The molecule has 0 unspecified atom stereocenters. The van der Waals surface area contributed by atoms with Gasteiger partial charge in [-0.1, -0.05) is 35.0 Å². The first-order valence-corrected chi connectivity index (χ1v) is 8.26. The molecule has 0 radical (unpaired) electrons. The monoisotopic (exact) mass is 346 g/mol. The Morgan fingerprint density at radius 1 is 1.00 bits per heavy atom. The van der Waals surface area contributed by atoms with E-state index in [1.807, 2.05) is 30.3 Å². The minimum Gasteiger partial charge on any atom is -0.496 e. The van der Waals surface area contributed by atoms with E-state index in [9.17, 15) is 0 Å². The van der Waals surface area contributed by atoms with Crippen LogP contribution in [-0.4, -0.2) is 27.4 Å². The highest BCUT2D eigenvalue weighted by Gasteiger charge is 2.16. The molecule has 0 fully saturated rings. The van der Waals surface area contributed by atoms with Crippen LogP contribution in [0.5, 0.6) is 5.75 Å². The van der Waals surface area contributed by atoms with Gasteiger partial charge in [0, 0.05) is 5.56 Å². The normalized spacial score (nSPS) is 10.9. The molecule has 2 heterocycles. The lowest BCUT2D eigenvalue weighted by Crippen LogP contribution is -1.88. The number of H-pyrrole nitrogens is 1. The molecule has 4 aromatic rings. The second-order valence-corrected chi connectivity index (χ2v) is 6.11.